The van der Waals surface area contributed by atoms with Crippen LogP contribution in [0.4, 0.5) is 5.69 Å². The summed E-state index contributed by atoms with van der Waals surface area (Å²) in [5.41, 5.74) is 1.78. The molecule has 116 valence electrons. The lowest BCUT2D eigenvalue weighted by Gasteiger charge is -2.18. The summed E-state index contributed by atoms with van der Waals surface area (Å²) in [6.07, 6.45) is 2.94. The summed E-state index contributed by atoms with van der Waals surface area (Å²) in [5.74, 6) is 0.645. The lowest BCUT2D eigenvalue weighted by molar-refractivity contribution is 0.0948. The van der Waals surface area contributed by atoms with E-state index in [1.165, 1.54) is 0 Å². The standard InChI is InChI=1S/C17H20N2O3/c1-21-16-8-9-19(12-16)14-6-4-13(5-7-14)17(20)18-11-15-3-2-10-22-15/h2-7,10,16H,8-9,11-12H2,1H3,(H,18,20)/t16-/m0/s1. The van der Waals surface area contributed by atoms with Crippen molar-refractivity contribution in [2.24, 2.45) is 0 Å². The Hall–Kier alpha value is -2.27. The molecule has 0 bridgehead atoms. The van der Waals surface area contributed by atoms with Crippen LogP contribution in [0.1, 0.15) is 22.5 Å². The predicted octanol–water partition coefficient (Wildman–Crippen LogP) is 2.43. The summed E-state index contributed by atoms with van der Waals surface area (Å²) in [7, 11) is 1.75. The molecule has 1 aromatic carbocycles. The Morgan fingerprint density at radius 1 is 1.36 bits per heavy atom. The molecule has 0 saturated carbocycles. The number of carbonyl (C=O) groups excluding carboxylic acids is 1. The Labute approximate surface area is 129 Å². The first-order valence-electron chi connectivity index (χ1n) is 7.44. The Balaban J connectivity index is 1.58. The highest BCUT2D eigenvalue weighted by atomic mass is 16.5. The van der Waals surface area contributed by atoms with Crippen LogP contribution in [0.2, 0.25) is 0 Å². The highest BCUT2D eigenvalue weighted by molar-refractivity contribution is 5.94. The number of hydrogen-bond donors (Lipinski definition) is 1. The Morgan fingerprint density at radius 3 is 2.82 bits per heavy atom. The second kappa shape index (κ2) is 6.66. The normalized spacial score (nSPS) is 17.7. The van der Waals surface area contributed by atoms with Crippen molar-refractivity contribution in [3.8, 4) is 0 Å². The molecular formula is C17H20N2O3. The number of rotatable bonds is 5. The van der Waals surface area contributed by atoms with Gasteiger partial charge in [-0.2, -0.15) is 0 Å². The number of amides is 1. The molecule has 1 aromatic heterocycles. The van der Waals surface area contributed by atoms with E-state index in [1.54, 1.807) is 19.4 Å². The highest BCUT2D eigenvalue weighted by Gasteiger charge is 2.22. The number of nitrogens with zero attached hydrogens (tertiary/aromatic N) is 1. The van der Waals surface area contributed by atoms with Crippen molar-refractivity contribution in [3.05, 3.63) is 54.0 Å². The second-order valence-electron chi connectivity index (χ2n) is 5.40. The van der Waals surface area contributed by atoms with Gasteiger partial charge in [-0.3, -0.25) is 4.79 Å². The third-order valence-corrected chi connectivity index (χ3v) is 3.98. The fourth-order valence-corrected chi connectivity index (χ4v) is 2.66. The molecule has 0 spiro atoms. The van der Waals surface area contributed by atoms with Gasteiger partial charge in [-0.25, -0.2) is 0 Å². The van der Waals surface area contributed by atoms with Crippen molar-refractivity contribution >= 4 is 11.6 Å². The van der Waals surface area contributed by atoms with Crippen molar-refractivity contribution in [2.75, 3.05) is 25.1 Å². The molecule has 1 fully saturated rings. The second-order valence-corrected chi connectivity index (χ2v) is 5.40. The Morgan fingerprint density at radius 2 is 2.18 bits per heavy atom. The van der Waals surface area contributed by atoms with E-state index < -0.39 is 0 Å². The molecule has 0 aliphatic carbocycles. The summed E-state index contributed by atoms with van der Waals surface area (Å²) in [6.45, 7) is 2.29. The summed E-state index contributed by atoms with van der Waals surface area (Å²) in [6, 6.07) is 11.3. The van der Waals surface area contributed by atoms with Gasteiger partial charge in [0.2, 0.25) is 0 Å². The summed E-state index contributed by atoms with van der Waals surface area (Å²) >= 11 is 0. The summed E-state index contributed by atoms with van der Waals surface area (Å²) in [4.78, 5) is 14.4. The first-order chi connectivity index (χ1) is 10.8. The molecule has 5 nitrogen and oxygen atoms in total. The third-order valence-electron chi connectivity index (χ3n) is 3.98. The highest BCUT2D eigenvalue weighted by Crippen LogP contribution is 2.22. The summed E-state index contributed by atoms with van der Waals surface area (Å²) < 4.78 is 10.6. The van der Waals surface area contributed by atoms with E-state index in [-0.39, 0.29) is 5.91 Å². The van der Waals surface area contributed by atoms with E-state index >= 15 is 0 Å². The van der Waals surface area contributed by atoms with Crippen LogP contribution in [0, 0.1) is 0 Å². The van der Waals surface area contributed by atoms with Crippen LogP contribution in [0.5, 0.6) is 0 Å². The fourth-order valence-electron chi connectivity index (χ4n) is 2.66. The number of ether oxygens (including phenoxy) is 1. The molecule has 22 heavy (non-hydrogen) atoms. The molecule has 1 aliphatic rings. The smallest absolute Gasteiger partial charge is 0.251 e. The zero-order valence-electron chi connectivity index (χ0n) is 12.6. The van der Waals surface area contributed by atoms with Gasteiger partial charge < -0.3 is 19.4 Å². The molecule has 1 N–H and O–H groups in total. The van der Waals surface area contributed by atoms with Gasteiger partial charge in [0.15, 0.2) is 0 Å². The number of hydrogen-bond acceptors (Lipinski definition) is 4. The topological polar surface area (TPSA) is 54.7 Å². The van der Waals surface area contributed by atoms with Crippen molar-refractivity contribution < 1.29 is 13.9 Å². The van der Waals surface area contributed by atoms with Gasteiger partial charge in [-0.1, -0.05) is 0 Å². The molecule has 1 atom stereocenters. The maximum absolute atomic E-state index is 12.1. The van der Waals surface area contributed by atoms with Crippen molar-refractivity contribution in [1.29, 1.82) is 0 Å². The first-order valence-corrected chi connectivity index (χ1v) is 7.44. The van der Waals surface area contributed by atoms with Gasteiger partial charge in [-0.15, -0.1) is 0 Å². The molecule has 1 saturated heterocycles. The Bertz CT molecular complexity index is 607. The number of carbonyl (C=O) groups is 1. The zero-order chi connectivity index (χ0) is 15.4. The van der Waals surface area contributed by atoms with Gasteiger partial charge in [0.05, 0.1) is 18.9 Å². The SMILES string of the molecule is CO[C@H]1CCN(c2ccc(C(=O)NCc3ccco3)cc2)C1. The molecule has 0 unspecified atom stereocenters. The van der Waals surface area contributed by atoms with E-state index in [1.807, 2.05) is 30.3 Å². The molecule has 1 amide bonds. The molecule has 5 heteroatoms. The molecule has 2 heterocycles. The van der Waals surface area contributed by atoms with Crippen LogP contribution in [-0.2, 0) is 11.3 Å². The quantitative estimate of drug-likeness (QED) is 0.921. The van der Waals surface area contributed by atoms with Crippen molar-refractivity contribution in [1.82, 2.24) is 5.32 Å². The summed E-state index contributed by atoms with van der Waals surface area (Å²) in [5, 5.41) is 2.84. The van der Waals surface area contributed by atoms with Crippen LogP contribution >= 0.6 is 0 Å². The number of benzene rings is 1. The van der Waals surface area contributed by atoms with Gasteiger partial charge in [0.1, 0.15) is 5.76 Å². The predicted molar refractivity (Wildman–Crippen MR) is 83.9 cm³/mol. The van der Waals surface area contributed by atoms with Crippen LogP contribution in [0.15, 0.2) is 47.1 Å². The van der Waals surface area contributed by atoms with E-state index in [2.05, 4.69) is 10.2 Å². The minimum atomic E-state index is -0.0980. The van der Waals surface area contributed by atoms with Crippen molar-refractivity contribution in [3.63, 3.8) is 0 Å². The minimum Gasteiger partial charge on any atom is -0.467 e. The largest absolute Gasteiger partial charge is 0.467 e. The number of furan rings is 1. The first kappa shape index (κ1) is 14.7. The maximum Gasteiger partial charge on any atom is 0.251 e. The van der Waals surface area contributed by atoms with E-state index in [0.29, 0.717) is 18.2 Å². The molecular weight excluding hydrogens is 280 g/mol. The number of nitrogens with one attached hydrogen (secondary N) is 1. The van der Waals surface area contributed by atoms with Gasteiger partial charge in [0.25, 0.3) is 5.91 Å². The van der Waals surface area contributed by atoms with Crippen LogP contribution in [0.25, 0.3) is 0 Å². The van der Waals surface area contributed by atoms with Gasteiger partial charge in [-0.05, 0) is 42.8 Å². The number of anilines is 1. The minimum absolute atomic E-state index is 0.0980. The molecule has 3 rings (SSSR count). The van der Waals surface area contributed by atoms with Crippen molar-refractivity contribution in [2.45, 2.75) is 19.1 Å². The lowest BCUT2D eigenvalue weighted by atomic mass is 10.2. The zero-order valence-corrected chi connectivity index (χ0v) is 12.6. The van der Waals surface area contributed by atoms with E-state index in [9.17, 15) is 4.79 Å². The molecule has 1 aliphatic heterocycles. The third kappa shape index (κ3) is 3.31. The maximum atomic E-state index is 12.1. The lowest BCUT2D eigenvalue weighted by Crippen LogP contribution is -2.24. The average Bonchev–Trinajstić information content (AvgIpc) is 3.24. The molecule has 2 aromatic rings. The van der Waals surface area contributed by atoms with Gasteiger partial charge in [0, 0.05) is 31.5 Å². The van der Waals surface area contributed by atoms with Crippen LogP contribution in [-0.4, -0.2) is 32.2 Å². The fraction of sp³-hybridized carbons (Fsp3) is 0.353. The van der Waals surface area contributed by atoms with Crippen LogP contribution < -0.4 is 10.2 Å². The van der Waals surface area contributed by atoms with E-state index in [0.717, 1.165) is 31.0 Å². The van der Waals surface area contributed by atoms with Gasteiger partial charge >= 0.3 is 0 Å². The number of methoxy groups -OCH3 is 1. The van der Waals surface area contributed by atoms with Crippen LogP contribution in [0.3, 0.4) is 0 Å². The molecule has 0 radical (unpaired) electrons. The Kier molecular flexibility index (Phi) is 4.44. The van der Waals surface area contributed by atoms with E-state index in [4.69, 9.17) is 9.15 Å². The monoisotopic (exact) mass is 300 g/mol. The average molecular weight is 300 g/mol.